The third kappa shape index (κ3) is 4.86. The summed E-state index contributed by atoms with van der Waals surface area (Å²) in [7, 11) is 0. The molecule has 1 rings (SSSR count). The van der Waals surface area contributed by atoms with Crippen LogP contribution in [0.3, 0.4) is 0 Å². The normalized spacial score (nSPS) is 10.6. The summed E-state index contributed by atoms with van der Waals surface area (Å²) in [5.74, 6) is 0.123. The number of hydrogen-bond acceptors (Lipinski definition) is 1. The highest BCUT2D eigenvalue weighted by Crippen LogP contribution is 2.17. The molecule has 4 heteroatoms. The quantitative estimate of drug-likeness (QED) is 0.825. The van der Waals surface area contributed by atoms with Gasteiger partial charge in [0.1, 0.15) is 5.82 Å². The number of halogens is 2. The van der Waals surface area contributed by atoms with Crippen molar-refractivity contribution in [3.8, 4) is 0 Å². The fraction of sp³-hybridized carbons (Fsp3) is 0.462. The minimum Gasteiger partial charge on any atom is -0.352 e. The molecule has 0 aliphatic carbocycles. The first kappa shape index (κ1) is 14.2. The van der Waals surface area contributed by atoms with Crippen molar-refractivity contribution < 1.29 is 9.18 Å². The lowest BCUT2D eigenvalue weighted by Crippen LogP contribution is -2.25. The van der Waals surface area contributed by atoms with Gasteiger partial charge < -0.3 is 5.32 Å². The SMILES string of the molecule is CC(C)CCCNC(=O)c1ccc(F)cc1Br. The zero-order valence-corrected chi connectivity index (χ0v) is 11.7. The molecule has 17 heavy (non-hydrogen) atoms. The highest BCUT2D eigenvalue weighted by molar-refractivity contribution is 9.10. The maximum absolute atomic E-state index is 12.8. The molecule has 0 heterocycles. The van der Waals surface area contributed by atoms with E-state index in [1.165, 1.54) is 18.2 Å². The molecule has 1 aromatic rings. The lowest BCUT2D eigenvalue weighted by Gasteiger charge is -2.08. The third-order valence-electron chi connectivity index (χ3n) is 2.42. The fourth-order valence-electron chi connectivity index (χ4n) is 1.48. The highest BCUT2D eigenvalue weighted by Gasteiger charge is 2.09. The van der Waals surface area contributed by atoms with Gasteiger partial charge in [-0.05, 0) is 52.9 Å². The highest BCUT2D eigenvalue weighted by atomic mass is 79.9. The number of carbonyl (C=O) groups excluding carboxylic acids is 1. The predicted octanol–water partition coefficient (Wildman–Crippen LogP) is 3.75. The van der Waals surface area contributed by atoms with Crippen LogP contribution in [0.4, 0.5) is 4.39 Å². The van der Waals surface area contributed by atoms with Crippen molar-refractivity contribution in [2.45, 2.75) is 26.7 Å². The molecule has 0 atom stereocenters. The Balaban J connectivity index is 2.47. The molecule has 0 unspecified atom stereocenters. The topological polar surface area (TPSA) is 29.1 Å². The van der Waals surface area contributed by atoms with Gasteiger partial charge in [0.05, 0.1) is 5.56 Å². The van der Waals surface area contributed by atoms with Gasteiger partial charge in [-0.1, -0.05) is 13.8 Å². The maximum atomic E-state index is 12.8. The lowest BCUT2D eigenvalue weighted by atomic mass is 10.1. The Morgan fingerprint density at radius 2 is 2.18 bits per heavy atom. The third-order valence-corrected chi connectivity index (χ3v) is 3.08. The van der Waals surface area contributed by atoms with E-state index in [1.807, 2.05) is 0 Å². The van der Waals surface area contributed by atoms with Crippen LogP contribution in [-0.2, 0) is 0 Å². The molecule has 0 aliphatic rings. The van der Waals surface area contributed by atoms with Crippen molar-refractivity contribution in [1.82, 2.24) is 5.32 Å². The van der Waals surface area contributed by atoms with Gasteiger partial charge in [-0.2, -0.15) is 0 Å². The van der Waals surface area contributed by atoms with Gasteiger partial charge in [0, 0.05) is 11.0 Å². The van der Waals surface area contributed by atoms with E-state index in [0.29, 0.717) is 22.5 Å². The minimum atomic E-state index is -0.353. The van der Waals surface area contributed by atoms with E-state index in [-0.39, 0.29) is 11.7 Å². The lowest BCUT2D eigenvalue weighted by molar-refractivity contribution is 0.0951. The van der Waals surface area contributed by atoms with Crippen molar-refractivity contribution in [2.24, 2.45) is 5.92 Å². The molecule has 0 fully saturated rings. The number of carbonyl (C=O) groups is 1. The summed E-state index contributed by atoms with van der Waals surface area (Å²) in [5, 5.41) is 2.82. The summed E-state index contributed by atoms with van der Waals surface area (Å²) in [6.07, 6.45) is 2.05. The molecule has 1 aromatic carbocycles. The molecule has 94 valence electrons. The molecule has 0 saturated heterocycles. The van der Waals surface area contributed by atoms with E-state index in [1.54, 1.807) is 0 Å². The van der Waals surface area contributed by atoms with Crippen LogP contribution in [0.1, 0.15) is 37.0 Å². The Morgan fingerprint density at radius 3 is 2.76 bits per heavy atom. The Kier molecular flexibility index (Phi) is 5.62. The molecule has 0 radical (unpaired) electrons. The second-order valence-electron chi connectivity index (χ2n) is 4.42. The van der Waals surface area contributed by atoms with Gasteiger partial charge in [-0.25, -0.2) is 4.39 Å². The van der Waals surface area contributed by atoms with Crippen LogP contribution in [0, 0.1) is 11.7 Å². The Bertz CT molecular complexity index is 393. The predicted molar refractivity (Wildman–Crippen MR) is 70.5 cm³/mol. The Morgan fingerprint density at radius 1 is 1.47 bits per heavy atom. The molecule has 0 aromatic heterocycles. The van der Waals surface area contributed by atoms with Crippen LogP contribution in [0.2, 0.25) is 0 Å². The first-order chi connectivity index (χ1) is 8.00. The van der Waals surface area contributed by atoms with Crippen molar-refractivity contribution in [1.29, 1.82) is 0 Å². The van der Waals surface area contributed by atoms with E-state index < -0.39 is 0 Å². The first-order valence-electron chi connectivity index (χ1n) is 5.74. The van der Waals surface area contributed by atoms with Gasteiger partial charge in [0.2, 0.25) is 0 Å². The number of hydrogen-bond donors (Lipinski definition) is 1. The number of amides is 1. The molecule has 1 amide bonds. The first-order valence-corrected chi connectivity index (χ1v) is 6.53. The molecular weight excluding hydrogens is 285 g/mol. The number of benzene rings is 1. The number of rotatable bonds is 5. The van der Waals surface area contributed by atoms with Gasteiger partial charge in [0.25, 0.3) is 5.91 Å². The second kappa shape index (κ2) is 6.74. The van der Waals surface area contributed by atoms with Crippen LogP contribution >= 0.6 is 15.9 Å². The summed E-state index contributed by atoms with van der Waals surface area (Å²) >= 11 is 3.18. The van der Waals surface area contributed by atoms with E-state index in [2.05, 4.69) is 35.1 Å². The molecular formula is C13H17BrFNO. The van der Waals surface area contributed by atoms with Crippen LogP contribution in [0.5, 0.6) is 0 Å². The van der Waals surface area contributed by atoms with E-state index in [0.717, 1.165) is 12.8 Å². The maximum Gasteiger partial charge on any atom is 0.252 e. The molecule has 0 spiro atoms. The largest absolute Gasteiger partial charge is 0.352 e. The standard InChI is InChI=1S/C13H17BrFNO/c1-9(2)4-3-7-16-13(17)11-6-5-10(15)8-12(11)14/h5-6,8-9H,3-4,7H2,1-2H3,(H,16,17). The van der Waals surface area contributed by atoms with Crippen LogP contribution in [0.25, 0.3) is 0 Å². The smallest absolute Gasteiger partial charge is 0.252 e. The minimum absolute atomic E-state index is 0.166. The van der Waals surface area contributed by atoms with Gasteiger partial charge in [0.15, 0.2) is 0 Å². The summed E-state index contributed by atoms with van der Waals surface area (Å²) in [6.45, 7) is 4.96. The van der Waals surface area contributed by atoms with Gasteiger partial charge >= 0.3 is 0 Å². The van der Waals surface area contributed by atoms with Crippen molar-refractivity contribution in [3.63, 3.8) is 0 Å². The zero-order chi connectivity index (χ0) is 12.8. The molecule has 2 nitrogen and oxygen atoms in total. The van der Waals surface area contributed by atoms with Crippen molar-refractivity contribution >= 4 is 21.8 Å². The summed E-state index contributed by atoms with van der Waals surface area (Å²) in [6, 6.07) is 4.06. The zero-order valence-electron chi connectivity index (χ0n) is 10.1. The number of nitrogens with one attached hydrogen (secondary N) is 1. The van der Waals surface area contributed by atoms with Crippen LogP contribution < -0.4 is 5.32 Å². The van der Waals surface area contributed by atoms with Gasteiger partial charge in [-0.15, -0.1) is 0 Å². The summed E-state index contributed by atoms with van der Waals surface area (Å²) < 4.78 is 13.3. The molecule has 0 bridgehead atoms. The average molecular weight is 302 g/mol. The summed E-state index contributed by atoms with van der Waals surface area (Å²) in [5.41, 5.74) is 0.468. The van der Waals surface area contributed by atoms with Crippen molar-refractivity contribution in [3.05, 3.63) is 34.1 Å². The average Bonchev–Trinajstić information content (AvgIpc) is 2.23. The Hall–Kier alpha value is -0.900. The Labute approximate surface area is 110 Å². The molecule has 1 N–H and O–H groups in total. The molecule has 0 saturated carbocycles. The van der Waals surface area contributed by atoms with Gasteiger partial charge in [-0.3, -0.25) is 4.79 Å². The van der Waals surface area contributed by atoms with Crippen LogP contribution in [-0.4, -0.2) is 12.5 Å². The van der Waals surface area contributed by atoms with Crippen molar-refractivity contribution in [2.75, 3.05) is 6.54 Å². The second-order valence-corrected chi connectivity index (χ2v) is 5.27. The fourth-order valence-corrected chi connectivity index (χ4v) is 2.01. The van der Waals surface area contributed by atoms with Crippen LogP contribution in [0.15, 0.2) is 22.7 Å². The molecule has 0 aliphatic heterocycles. The monoisotopic (exact) mass is 301 g/mol. The van der Waals surface area contributed by atoms with E-state index >= 15 is 0 Å². The van der Waals surface area contributed by atoms with E-state index in [4.69, 9.17) is 0 Å². The summed E-state index contributed by atoms with van der Waals surface area (Å²) in [4.78, 5) is 11.8. The van der Waals surface area contributed by atoms with E-state index in [9.17, 15) is 9.18 Å².